The highest BCUT2D eigenvalue weighted by atomic mass is 35.5. The summed E-state index contributed by atoms with van der Waals surface area (Å²) in [5.74, 6) is 0.215. The van der Waals surface area contributed by atoms with Crippen LogP contribution in [0.1, 0.15) is 21.5 Å². The number of carbonyl (C=O) groups is 1. The Bertz CT molecular complexity index is 1200. The first-order valence-electron chi connectivity index (χ1n) is 11.1. The van der Waals surface area contributed by atoms with Gasteiger partial charge in [-0.05, 0) is 48.0 Å². The number of ether oxygens (including phenoxy) is 3. The third-order valence-corrected chi connectivity index (χ3v) is 6.29. The lowest BCUT2D eigenvalue weighted by atomic mass is 10.1. The van der Waals surface area contributed by atoms with Crippen molar-refractivity contribution in [3.63, 3.8) is 0 Å². The van der Waals surface area contributed by atoms with E-state index in [0.29, 0.717) is 60.1 Å². The quantitative estimate of drug-likeness (QED) is 0.375. The van der Waals surface area contributed by atoms with Gasteiger partial charge in [-0.3, -0.25) is 0 Å². The monoisotopic (exact) mass is 516 g/mol. The number of halogens is 2. The number of benzene rings is 3. The lowest BCUT2D eigenvalue weighted by Gasteiger charge is -2.30. The van der Waals surface area contributed by atoms with Crippen LogP contribution in [0.2, 0.25) is 10.0 Å². The smallest absolute Gasteiger partial charge is 0.337 e. The van der Waals surface area contributed by atoms with Crippen LogP contribution in [0.3, 0.4) is 0 Å². The minimum absolute atomic E-state index is 0.263. The zero-order valence-corrected chi connectivity index (χ0v) is 20.7. The first kappa shape index (κ1) is 25.0. The highest BCUT2D eigenvalue weighted by Gasteiger charge is 2.19. The van der Waals surface area contributed by atoms with Crippen LogP contribution in [0, 0.1) is 0 Å². The molecular weight excluding hydrogens is 491 g/mol. The lowest BCUT2D eigenvalue weighted by Crippen LogP contribution is -2.37. The van der Waals surface area contributed by atoms with E-state index in [1.807, 2.05) is 41.3 Å². The number of rotatable bonds is 9. The van der Waals surface area contributed by atoms with E-state index in [4.69, 9.17) is 37.4 Å². The summed E-state index contributed by atoms with van der Waals surface area (Å²) in [4.78, 5) is 13.9. The van der Waals surface area contributed by atoms with Gasteiger partial charge in [0.25, 0.3) is 0 Å². The number of aromatic carboxylic acids is 1. The van der Waals surface area contributed by atoms with Crippen molar-refractivity contribution in [3.05, 3.63) is 81.3 Å². The Morgan fingerprint density at radius 1 is 1.06 bits per heavy atom. The van der Waals surface area contributed by atoms with Crippen LogP contribution < -0.4 is 19.7 Å². The van der Waals surface area contributed by atoms with Gasteiger partial charge in [0.05, 0.1) is 31.6 Å². The largest absolute Gasteiger partial charge is 0.493 e. The number of nitrogens with zero attached hydrogens (tertiary/aromatic N) is 1. The standard InChI is InChI=1S/C26H26Cl2N2O5/c1-33-25-12-17(2-7-24(25)35-16-18-3-4-19(27)13-22(18)28)15-29-20-5-6-23(21(14-20)26(31)32)30-8-10-34-11-9-30/h2-7,12-14,29H,8-11,15-16H2,1H3,(H,31,32). The highest BCUT2D eigenvalue weighted by Crippen LogP contribution is 2.31. The molecule has 0 atom stereocenters. The van der Waals surface area contributed by atoms with E-state index in [2.05, 4.69) is 5.32 Å². The summed E-state index contributed by atoms with van der Waals surface area (Å²) in [6, 6.07) is 16.3. The molecule has 0 aromatic heterocycles. The van der Waals surface area contributed by atoms with Crippen molar-refractivity contribution in [1.29, 1.82) is 0 Å². The maximum atomic E-state index is 11.9. The van der Waals surface area contributed by atoms with Gasteiger partial charge in [0.15, 0.2) is 11.5 Å². The van der Waals surface area contributed by atoms with Crippen molar-refractivity contribution in [2.75, 3.05) is 43.6 Å². The Hall–Kier alpha value is -3.13. The number of nitrogens with one attached hydrogen (secondary N) is 1. The number of methoxy groups -OCH3 is 1. The van der Waals surface area contributed by atoms with Gasteiger partial charge in [0, 0.05) is 40.9 Å². The molecule has 7 nitrogen and oxygen atoms in total. The van der Waals surface area contributed by atoms with Crippen LogP contribution in [0.4, 0.5) is 11.4 Å². The molecule has 1 aliphatic heterocycles. The van der Waals surface area contributed by atoms with Gasteiger partial charge < -0.3 is 29.5 Å². The summed E-state index contributed by atoms with van der Waals surface area (Å²) < 4.78 is 16.8. The normalized spacial score (nSPS) is 13.4. The molecule has 4 rings (SSSR count). The van der Waals surface area contributed by atoms with Crippen LogP contribution in [0.15, 0.2) is 54.6 Å². The topological polar surface area (TPSA) is 80.3 Å². The summed E-state index contributed by atoms with van der Waals surface area (Å²) in [6.45, 7) is 3.28. The van der Waals surface area contributed by atoms with Crippen LogP contribution in [0.25, 0.3) is 0 Å². The van der Waals surface area contributed by atoms with Gasteiger partial charge in [-0.1, -0.05) is 35.3 Å². The molecule has 9 heteroatoms. The fraction of sp³-hybridized carbons (Fsp3) is 0.269. The van der Waals surface area contributed by atoms with Crippen molar-refractivity contribution < 1.29 is 24.1 Å². The molecule has 3 aromatic carbocycles. The predicted octanol–water partition coefficient (Wildman–Crippen LogP) is 5.73. The third-order valence-electron chi connectivity index (χ3n) is 5.70. The molecular formula is C26H26Cl2N2O5. The van der Waals surface area contributed by atoms with Gasteiger partial charge in [-0.25, -0.2) is 4.79 Å². The molecule has 184 valence electrons. The fourth-order valence-corrected chi connectivity index (χ4v) is 4.30. The maximum Gasteiger partial charge on any atom is 0.337 e. The van der Waals surface area contributed by atoms with E-state index in [1.54, 1.807) is 25.3 Å². The number of morpholine rings is 1. The van der Waals surface area contributed by atoms with Crippen molar-refractivity contribution in [2.45, 2.75) is 13.2 Å². The first-order chi connectivity index (χ1) is 16.9. The molecule has 0 unspecified atom stereocenters. The fourth-order valence-electron chi connectivity index (χ4n) is 3.84. The molecule has 2 N–H and O–H groups in total. The highest BCUT2D eigenvalue weighted by molar-refractivity contribution is 6.35. The molecule has 3 aromatic rings. The molecule has 0 bridgehead atoms. The van der Waals surface area contributed by atoms with Crippen molar-refractivity contribution in [3.8, 4) is 11.5 Å². The average molecular weight is 517 g/mol. The van der Waals surface area contributed by atoms with Crippen molar-refractivity contribution in [1.82, 2.24) is 0 Å². The Kier molecular flexibility index (Phi) is 8.23. The summed E-state index contributed by atoms with van der Waals surface area (Å²) in [7, 11) is 1.58. The summed E-state index contributed by atoms with van der Waals surface area (Å²) in [6.07, 6.45) is 0. The second kappa shape index (κ2) is 11.5. The Morgan fingerprint density at radius 3 is 2.57 bits per heavy atom. The second-order valence-electron chi connectivity index (χ2n) is 8.00. The third kappa shape index (κ3) is 6.31. The van der Waals surface area contributed by atoms with E-state index in [9.17, 15) is 9.90 Å². The van der Waals surface area contributed by atoms with Gasteiger partial charge in [0.1, 0.15) is 6.61 Å². The molecule has 35 heavy (non-hydrogen) atoms. The molecule has 1 fully saturated rings. The average Bonchev–Trinajstić information content (AvgIpc) is 2.87. The SMILES string of the molecule is COc1cc(CNc2ccc(N3CCOCC3)c(C(=O)O)c2)ccc1OCc1ccc(Cl)cc1Cl. The van der Waals surface area contributed by atoms with Gasteiger partial charge >= 0.3 is 5.97 Å². The maximum absolute atomic E-state index is 11.9. The minimum atomic E-state index is -0.959. The van der Waals surface area contributed by atoms with Crippen LogP contribution >= 0.6 is 23.2 Å². The Balaban J connectivity index is 1.43. The van der Waals surface area contributed by atoms with E-state index in [-0.39, 0.29) is 12.2 Å². The van der Waals surface area contributed by atoms with E-state index >= 15 is 0 Å². The number of hydrogen-bond acceptors (Lipinski definition) is 6. The summed E-state index contributed by atoms with van der Waals surface area (Å²) in [5.41, 5.74) is 3.46. The van der Waals surface area contributed by atoms with Gasteiger partial charge in [0.2, 0.25) is 0 Å². The van der Waals surface area contributed by atoms with Gasteiger partial charge in [-0.2, -0.15) is 0 Å². The number of carboxylic acids is 1. The zero-order chi connectivity index (χ0) is 24.8. The lowest BCUT2D eigenvalue weighted by molar-refractivity contribution is 0.0696. The van der Waals surface area contributed by atoms with Crippen LogP contribution in [0.5, 0.6) is 11.5 Å². The molecule has 1 saturated heterocycles. The van der Waals surface area contributed by atoms with Crippen LogP contribution in [-0.4, -0.2) is 44.5 Å². The van der Waals surface area contributed by atoms with E-state index in [1.165, 1.54) is 0 Å². The van der Waals surface area contributed by atoms with Crippen molar-refractivity contribution in [2.24, 2.45) is 0 Å². The number of anilines is 2. The molecule has 0 saturated carbocycles. The zero-order valence-electron chi connectivity index (χ0n) is 19.2. The molecule has 0 aliphatic carbocycles. The van der Waals surface area contributed by atoms with E-state index < -0.39 is 5.97 Å². The Morgan fingerprint density at radius 2 is 1.86 bits per heavy atom. The molecule has 1 heterocycles. The molecule has 1 aliphatic rings. The predicted molar refractivity (Wildman–Crippen MR) is 138 cm³/mol. The van der Waals surface area contributed by atoms with E-state index in [0.717, 1.165) is 16.8 Å². The van der Waals surface area contributed by atoms with Crippen molar-refractivity contribution >= 4 is 40.5 Å². The minimum Gasteiger partial charge on any atom is -0.493 e. The molecule has 0 radical (unpaired) electrons. The Labute approximate surface area is 214 Å². The number of hydrogen-bond donors (Lipinski definition) is 2. The molecule has 0 spiro atoms. The second-order valence-corrected chi connectivity index (χ2v) is 8.84. The first-order valence-corrected chi connectivity index (χ1v) is 11.9. The summed E-state index contributed by atoms with van der Waals surface area (Å²) in [5, 5.41) is 14.1. The number of carboxylic acid groups (broad SMARTS) is 1. The molecule has 0 amide bonds. The van der Waals surface area contributed by atoms with Crippen LogP contribution in [-0.2, 0) is 17.9 Å². The van der Waals surface area contributed by atoms with Gasteiger partial charge in [-0.15, -0.1) is 0 Å². The summed E-state index contributed by atoms with van der Waals surface area (Å²) >= 11 is 12.2.